The van der Waals surface area contributed by atoms with Crippen LogP contribution in [0, 0.1) is 10.8 Å². The fourth-order valence-corrected chi connectivity index (χ4v) is 1.45. The van der Waals surface area contributed by atoms with Gasteiger partial charge in [0.05, 0.1) is 5.41 Å². The molecule has 0 rings (SSSR count). The standard InChI is InChI=1S/C17H28O3/c1-13(2)10-12-17(6,7)11-8-9-14(18)20-15(19)16(3,4)5/h10,12H,1,8-9,11H2,2-7H3/b12-10+. The maximum atomic E-state index is 11.6. The Labute approximate surface area is 123 Å². The number of hydrogen-bond acceptors (Lipinski definition) is 3. The Bertz CT molecular complexity index is 395. The Morgan fingerprint density at radius 3 is 2.15 bits per heavy atom. The number of allylic oxidation sites excluding steroid dienone is 3. The molecular formula is C17H28O3. The van der Waals surface area contributed by atoms with Crippen LogP contribution in [0.25, 0.3) is 0 Å². The molecule has 0 saturated carbocycles. The normalized spacial score (nSPS) is 12.5. The summed E-state index contributed by atoms with van der Waals surface area (Å²) in [5.41, 5.74) is 0.375. The van der Waals surface area contributed by atoms with Gasteiger partial charge in [0.2, 0.25) is 0 Å². The van der Waals surface area contributed by atoms with Gasteiger partial charge in [-0.3, -0.25) is 9.59 Å². The number of carbonyl (C=O) groups is 2. The number of hydrogen-bond donors (Lipinski definition) is 0. The minimum absolute atomic E-state index is 0.00721. The van der Waals surface area contributed by atoms with Gasteiger partial charge >= 0.3 is 11.9 Å². The zero-order valence-corrected chi connectivity index (χ0v) is 13.7. The lowest BCUT2D eigenvalue weighted by Crippen LogP contribution is -2.25. The largest absolute Gasteiger partial charge is 0.393 e. The molecule has 3 nitrogen and oxygen atoms in total. The minimum Gasteiger partial charge on any atom is -0.393 e. The molecule has 0 saturated heterocycles. The zero-order chi connectivity index (χ0) is 16.0. The number of esters is 2. The van der Waals surface area contributed by atoms with Crippen LogP contribution in [-0.4, -0.2) is 11.9 Å². The van der Waals surface area contributed by atoms with Gasteiger partial charge < -0.3 is 4.74 Å². The van der Waals surface area contributed by atoms with Crippen molar-refractivity contribution in [3.05, 3.63) is 24.3 Å². The average molecular weight is 280 g/mol. The fourth-order valence-electron chi connectivity index (χ4n) is 1.45. The van der Waals surface area contributed by atoms with Gasteiger partial charge in [-0.05, 0) is 46.0 Å². The molecule has 0 heterocycles. The van der Waals surface area contributed by atoms with Crippen LogP contribution in [0.5, 0.6) is 0 Å². The SMILES string of the molecule is C=C(C)/C=C/C(C)(C)CCCC(=O)OC(=O)C(C)(C)C. The van der Waals surface area contributed by atoms with Crippen molar-refractivity contribution in [1.82, 2.24) is 0 Å². The summed E-state index contributed by atoms with van der Waals surface area (Å²) in [6, 6.07) is 0. The Morgan fingerprint density at radius 1 is 1.15 bits per heavy atom. The second-order valence-corrected chi connectivity index (χ2v) is 7.03. The Kier molecular flexibility index (Phi) is 6.90. The third kappa shape index (κ3) is 8.68. The molecule has 0 aliphatic rings. The lowest BCUT2D eigenvalue weighted by Gasteiger charge is -2.20. The summed E-state index contributed by atoms with van der Waals surface area (Å²) in [4.78, 5) is 23.1. The number of rotatable bonds is 6. The minimum atomic E-state index is -0.640. The lowest BCUT2D eigenvalue weighted by molar-refractivity contribution is -0.165. The molecule has 0 aromatic heterocycles. The molecule has 114 valence electrons. The maximum absolute atomic E-state index is 11.6. The molecule has 0 aliphatic heterocycles. The average Bonchev–Trinajstić information content (AvgIpc) is 2.25. The summed E-state index contributed by atoms with van der Waals surface area (Å²) in [6.07, 6.45) is 5.91. The van der Waals surface area contributed by atoms with Gasteiger partial charge in [0, 0.05) is 6.42 Å². The summed E-state index contributed by atoms with van der Waals surface area (Å²) < 4.78 is 4.82. The molecule has 0 fully saturated rings. The summed E-state index contributed by atoms with van der Waals surface area (Å²) in [7, 11) is 0. The van der Waals surface area contributed by atoms with E-state index in [4.69, 9.17) is 4.74 Å². The number of ether oxygens (including phenoxy) is 1. The van der Waals surface area contributed by atoms with Crippen molar-refractivity contribution in [2.75, 3.05) is 0 Å². The third-order valence-electron chi connectivity index (χ3n) is 2.84. The molecule has 0 amide bonds. The van der Waals surface area contributed by atoms with E-state index in [0.29, 0.717) is 6.42 Å². The van der Waals surface area contributed by atoms with Crippen LogP contribution in [0.4, 0.5) is 0 Å². The van der Waals surface area contributed by atoms with E-state index >= 15 is 0 Å². The summed E-state index contributed by atoms with van der Waals surface area (Å²) >= 11 is 0. The van der Waals surface area contributed by atoms with Crippen molar-refractivity contribution in [3.63, 3.8) is 0 Å². The van der Waals surface area contributed by atoms with E-state index in [1.807, 2.05) is 13.0 Å². The Balaban J connectivity index is 4.15. The number of carbonyl (C=O) groups excluding carboxylic acids is 2. The van der Waals surface area contributed by atoms with Crippen LogP contribution in [0.15, 0.2) is 24.3 Å². The first kappa shape index (κ1) is 18.6. The van der Waals surface area contributed by atoms with Crippen LogP contribution in [0.2, 0.25) is 0 Å². The topological polar surface area (TPSA) is 43.4 Å². The predicted octanol–water partition coefficient (Wildman–Crippen LogP) is 4.43. The molecule has 20 heavy (non-hydrogen) atoms. The molecule has 0 N–H and O–H groups in total. The third-order valence-corrected chi connectivity index (χ3v) is 2.84. The highest BCUT2D eigenvalue weighted by molar-refractivity contribution is 5.88. The van der Waals surface area contributed by atoms with Crippen LogP contribution >= 0.6 is 0 Å². The van der Waals surface area contributed by atoms with Crippen LogP contribution < -0.4 is 0 Å². The summed E-state index contributed by atoms with van der Waals surface area (Å²) in [5, 5.41) is 0. The molecule has 0 spiro atoms. The van der Waals surface area contributed by atoms with E-state index in [1.54, 1.807) is 20.8 Å². The first-order valence-electron chi connectivity index (χ1n) is 7.04. The highest BCUT2D eigenvalue weighted by Crippen LogP contribution is 2.25. The van der Waals surface area contributed by atoms with E-state index in [0.717, 1.165) is 12.0 Å². The van der Waals surface area contributed by atoms with Gasteiger partial charge in [0.25, 0.3) is 0 Å². The highest BCUT2D eigenvalue weighted by Gasteiger charge is 2.25. The van der Waals surface area contributed by atoms with Crippen molar-refractivity contribution >= 4 is 11.9 Å². The summed E-state index contributed by atoms with van der Waals surface area (Å²) in [5.74, 6) is -0.909. The molecule has 3 heteroatoms. The molecule has 0 aromatic rings. The van der Waals surface area contributed by atoms with Gasteiger partial charge in [-0.1, -0.05) is 38.2 Å². The zero-order valence-electron chi connectivity index (χ0n) is 13.7. The van der Waals surface area contributed by atoms with Crippen molar-refractivity contribution in [3.8, 4) is 0 Å². The molecule has 0 aliphatic carbocycles. The maximum Gasteiger partial charge on any atom is 0.318 e. The Hall–Kier alpha value is -1.38. The van der Waals surface area contributed by atoms with Crippen molar-refractivity contribution in [2.24, 2.45) is 10.8 Å². The predicted molar refractivity (Wildman–Crippen MR) is 82.1 cm³/mol. The van der Waals surface area contributed by atoms with E-state index in [9.17, 15) is 9.59 Å². The van der Waals surface area contributed by atoms with E-state index < -0.39 is 17.4 Å². The second-order valence-electron chi connectivity index (χ2n) is 7.03. The first-order valence-corrected chi connectivity index (χ1v) is 7.04. The van der Waals surface area contributed by atoms with E-state index in [1.165, 1.54) is 0 Å². The van der Waals surface area contributed by atoms with E-state index in [-0.39, 0.29) is 11.8 Å². The smallest absolute Gasteiger partial charge is 0.318 e. The van der Waals surface area contributed by atoms with Crippen LogP contribution in [0.3, 0.4) is 0 Å². The fraction of sp³-hybridized carbons (Fsp3) is 0.647. The van der Waals surface area contributed by atoms with Crippen LogP contribution in [0.1, 0.15) is 60.8 Å². The quantitative estimate of drug-likeness (QED) is 0.410. The van der Waals surface area contributed by atoms with E-state index in [2.05, 4.69) is 26.5 Å². The molecule has 0 aromatic carbocycles. The lowest BCUT2D eigenvalue weighted by atomic mass is 9.86. The van der Waals surface area contributed by atoms with Gasteiger partial charge in [0.15, 0.2) is 0 Å². The molecule has 0 unspecified atom stereocenters. The monoisotopic (exact) mass is 280 g/mol. The second kappa shape index (κ2) is 7.41. The van der Waals surface area contributed by atoms with Crippen molar-refractivity contribution in [2.45, 2.75) is 60.8 Å². The molecule has 0 atom stereocenters. The van der Waals surface area contributed by atoms with Gasteiger partial charge in [-0.15, -0.1) is 0 Å². The highest BCUT2D eigenvalue weighted by atomic mass is 16.6. The molecule has 0 radical (unpaired) electrons. The molecule has 0 bridgehead atoms. The van der Waals surface area contributed by atoms with Crippen molar-refractivity contribution < 1.29 is 14.3 Å². The first-order chi connectivity index (χ1) is 8.94. The van der Waals surface area contributed by atoms with Gasteiger partial charge in [-0.2, -0.15) is 0 Å². The Morgan fingerprint density at radius 2 is 1.70 bits per heavy atom. The van der Waals surface area contributed by atoms with Gasteiger partial charge in [0.1, 0.15) is 0 Å². The van der Waals surface area contributed by atoms with Crippen LogP contribution in [-0.2, 0) is 14.3 Å². The van der Waals surface area contributed by atoms with Gasteiger partial charge in [-0.25, -0.2) is 0 Å². The summed E-state index contributed by atoms with van der Waals surface area (Å²) in [6.45, 7) is 15.2. The molecular weight excluding hydrogens is 252 g/mol. The van der Waals surface area contributed by atoms with Crippen molar-refractivity contribution in [1.29, 1.82) is 0 Å².